The van der Waals surface area contributed by atoms with E-state index in [-0.39, 0.29) is 18.1 Å². The van der Waals surface area contributed by atoms with E-state index >= 15 is 0 Å². The van der Waals surface area contributed by atoms with Crippen molar-refractivity contribution in [2.45, 2.75) is 45.4 Å². The van der Waals surface area contributed by atoms with Gasteiger partial charge in [0.25, 0.3) is 5.91 Å². The smallest absolute Gasteiger partial charge is 0.271 e. The van der Waals surface area contributed by atoms with Crippen LogP contribution in [0.25, 0.3) is 0 Å². The van der Waals surface area contributed by atoms with E-state index in [1.54, 1.807) is 4.68 Å². The number of aryl methyl sites for hydroxylation is 1. The quantitative estimate of drug-likeness (QED) is 0.909. The molecule has 6 heteroatoms. The zero-order valence-corrected chi connectivity index (χ0v) is 11.4. The highest BCUT2D eigenvalue weighted by molar-refractivity contribution is 6.33. The number of rotatable bonds is 4. The Kier molecular flexibility index (Phi) is 4.24. The molecule has 0 aromatic carbocycles. The third-order valence-corrected chi connectivity index (χ3v) is 3.47. The Hall–Kier alpha value is -1.07. The van der Waals surface area contributed by atoms with Crippen LogP contribution < -0.4 is 5.32 Å². The molecule has 1 aliphatic heterocycles. The molecule has 0 aliphatic carbocycles. The highest BCUT2D eigenvalue weighted by Crippen LogP contribution is 2.18. The number of ether oxygens (including phenoxy) is 1. The van der Waals surface area contributed by atoms with Gasteiger partial charge in [-0.2, -0.15) is 5.10 Å². The standard InChI is InChI=1S/C12H18ClN3O2/c1-3-16-11(9(13)7-14-16)12(17)15-8(2)10-5-4-6-18-10/h7-8,10H,3-6H2,1-2H3,(H,15,17)/t8-,10-/m1/s1. The molecule has 1 aliphatic rings. The fourth-order valence-corrected chi connectivity index (χ4v) is 2.42. The van der Waals surface area contributed by atoms with Crippen LogP contribution in [0.1, 0.15) is 37.2 Å². The summed E-state index contributed by atoms with van der Waals surface area (Å²) in [4.78, 5) is 12.2. The minimum atomic E-state index is -0.192. The molecule has 1 saturated heterocycles. The van der Waals surface area contributed by atoms with Crippen molar-refractivity contribution >= 4 is 17.5 Å². The van der Waals surface area contributed by atoms with E-state index in [4.69, 9.17) is 16.3 Å². The minimum Gasteiger partial charge on any atom is -0.376 e. The summed E-state index contributed by atoms with van der Waals surface area (Å²) < 4.78 is 7.15. The van der Waals surface area contributed by atoms with Crippen LogP contribution in [0.3, 0.4) is 0 Å². The molecule has 0 spiro atoms. The van der Waals surface area contributed by atoms with Crippen molar-refractivity contribution in [3.05, 3.63) is 16.9 Å². The van der Waals surface area contributed by atoms with Crippen LogP contribution in [0.4, 0.5) is 0 Å². The van der Waals surface area contributed by atoms with Crippen LogP contribution >= 0.6 is 11.6 Å². The molecule has 5 nitrogen and oxygen atoms in total. The average molecular weight is 272 g/mol. The summed E-state index contributed by atoms with van der Waals surface area (Å²) >= 11 is 5.99. The van der Waals surface area contributed by atoms with Crippen LogP contribution in [0, 0.1) is 0 Å². The second-order valence-electron chi connectivity index (χ2n) is 4.47. The number of aromatic nitrogens is 2. The maximum atomic E-state index is 12.2. The van der Waals surface area contributed by atoms with Gasteiger partial charge in [-0.3, -0.25) is 9.48 Å². The van der Waals surface area contributed by atoms with Gasteiger partial charge in [0.05, 0.1) is 23.4 Å². The van der Waals surface area contributed by atoms with Crippen LogP contribution in [-0.2, 0) is 11.3 Å². The highest BCUT2D eigenvalue weighted by atomic mass is 35.5. The van der Waals surface area contributed by atoms with Gasteiger partial charge in [0, 0.05) is 13.2 Å². The fourth-order valence-electron chi connectivity index (χ4n) is 2.19. The number of halogens is 1. The minimum absolute atomic E-state index is 0.0173. The Bertz CT molecular complexity index is 427. The second kappa shape index (κ2) is 5.71. The molecule has 1 aromatic heterocycles. The van der Waals surface area contributed by atoms with Crippen molar-refractivity contribution in [1.82, 2.24) is 15.1 Å². The molecule has 1 aromatic rings. The van der Waals surface area contributed by atoms with Crippen molar-refractivity contribution in [2.75, 3.05) is 6.61 Å². The van der Waals surface area contributed by atoms with Crippen LogP contribution in [-0.4, -0.2) is 34.4 Å². The van der Waals surface area contributed by atoms with Gasteiger partial charge in [-0.05, 0) is 26.7 Å². The normalized spacial score (nSPS) is 20.9. The SMILES string of the molecule is CCn1ncc(Cl)c1C(=O)N[C@H](C)[C@H]1CCCO1. The fraction of sp³-hybridized carbons (Fsp3) is 0.667. The Morgan fingerprint density at radius 3 is 3.17 bits per heavy atom. The molecule has 0 radical (unpaired) electrons. The van der Waals surface area contributed by atoms with Gasteiger partial charge >= 0.3 is 0 Å². The van der Waals surface area contributed by atoms with Crippen molar-refractivity contribution in [3.63, 3.8) is 0 Å². The Morgan fingerprint density at radius 2 is 2.56 bits per heavy atom. The predicted octanol–water partition coefficient (Wildman–Crippen LogP) is 1.85. The number of hydrogen-bond donors (Lipinski definition) is 1. The third-order valence-electron chi connectivity index (χ3n) is 3.19. The summed E-state index contributed by atoms with van der Waals surface area (Å²) in [5, 5.41) is 7.37. The number of amides is 1. The first-order valence-electron chi connectivity index (χ1n) is 6.27. The monoisotopic (exact) mass is 271 g/mol. The number of hydrogen-bond acceptors (Lipinski definition) is 3. The van der Waals surface area contributed by atoms with Crippen LogP contribution in [0.15, 0.2) is 6.20 Å². The van der Waals surface area contributed by atoms with Gasteiger partial charge in [-0.1, -0.05) is 11.6 Å². The number of carbonyl (C=O) groups excluding carboxylic acids is 1. The van der Waals surface area contributed by atoms with E-state index in [0.29, 0.717) is 17.3 Å². The van der Waals surface area contributed by atoms with Crippen LogP contribution in [0.2, 0.25) is 5.02 Å². The van der Waals surface area contributed by atoms with Crippen molar-refractivity contribution in [3.8, 4) is 0 Å². The van der Waals surface area contributed by atoms with Crippen LogP contribution in [0.5, 0.6) is 0 Å². The number of carbonyl (C=O) groups is 1. The van der Waals surface area contributed by atoms with Gasteiger partial charge < -0.3 is 10.1 Å². The first-order chi connectivity index (χ1) is 8.63. The average Bonchev–Trinajstić information content (AvgIpc) is 2.97. The molecule has 2 heterocycles. The van der Waals surface area contributed by atoms with E-state index in [1.165, 1.54) is 6.20 Å². The van der Waals surface area contributed by atoms with Gasteiger partial charge in [0.15, 0.2) is 0 Å². The predicted molar refractivity (Wildman–Crippen MR) is 68.8 cm³/mol. The second-order valence-corrected chi connectivity index (χ2v) is 4.88. The Labute approximate surface area is 111 Å². The highest BCUT2D eigenvalue weighted by Gasteiger charge is 2.26. The van der Waals surface area contributed by atoms with Crippen molar-refractivity contribution in [1.29, 1.82) is 0 Å². The molecular formula is C12H18ClN3O2. The van der Waals surface area contributed by atoms with E-state index in [1.807, 2.05) is 13.8 Å². The zero-order valence-electron chi connectivity index (χ0n) is 10.6. The summed E-state index contributed by atoms with van der Waals surface area (Å²) in [7, 11) is 0. The topological polar surface area (TPSA) is 56.2 Å². The summed E-state index contributed by atoms with van der Waals surface area (Å²) in [5.74, 6) is -0.192. The molecule has 2 rings (SSSR count). The maximum absolute atomic E-state index is 12.2. The summed E-state index contributed by atoms with van der Waals surface area (Å²) in [6, 6.07) is -0.0173. The van der Waals surface area contributed by atoms with Gasteiger partial charge in [0.2, 0.25) is 0 Å². The lowest BCUT2D eigenvalue weighted by atomic mass is 10.1. The van der Waals surface area contributed by atoms with Gasteiger partial charge in [-0.15, -0.1) is 0 Å². The third kappa shape index (κ3) is 2.67. The van der Waals surface area contributed by atoms with Gasteiger partial charge in [-0.25, -0.2) is 0 Å². The lowest BCUT2D eigenvalue weighted by Gasteiger charge is -2.20. The number of nitrogens with one attached hydrogen (secondary N) is 1. The lowest BCUT2D eigenvalue weighted by Crippen LogP contribution is -2.41. The molecule has 1 N–H and O–H groups in total. The Morgan fingerprint density at radius 1 is 1.78 bits per heavy atom. The van der Waals surface area contributed by atoms with E-state index in [2.05, 4.69) is 10.4 Å². The zero-order chi connectivity index (χ0) is 13.1. The number of nitrogens with zero attached hydrogens (tertiary/aromatic N) is 2. The summed E-state index contributed by atoms with van der Waals surface area (Å²) in [6.45, 7) is 5.26. The van der Waals surface area contributed by atoms with Gasteiger partial charge in [0.1, 0.15) is 5.69 Å². The molecule has 2 atom stereocenters. The largest absolute Gasteiger partial charge is 0.376 e. The first-order valence-corrected chi connectivity index (χ1v) is 6.65. The van der Waals surface area contributed by atoms with E-state index in [9.17, 15) is 4.79 Å². The molecule has 0 unspecified atom stereocenters. The Balaban J connectivity index is 2.04. The molecule has 1 fully saturated rings. The molecular weight excluding hydrogens is 254 g/mol. The summed E-state index contributed by atoms with van der Waals surface area (Å²) in [6.07, 6.45) is 3.64. The molecule has 18 heavy (non-hydrogen) atoms. The molecule has 1 amide bonds. The lowest BCUT2D eigenvalue weighted by molar-refractivity contribution is 0.0706. The maximum Gasteiger partial charge on any atom is 0.271 e. The van der Waals surface area contributed by atoms with Crippen molar-refractivity contribution < 1.29 is 9.53 Å². The molecule has 100 valence electrons. The van der Waals surface area contributed by atoms with E-state index in [0.717, 1.165) is 19.4 Å². The molecule has 0 bridgehead atoms. The first kappa shape index (κ1) is 13.4. The molecule has 0 saturated carbocycles. The van der Waals surface area contributed by atoms with E-state index < -0.39 is 0 Å². The van der Waals surface area contributed by atoms with Crippen molar-refractivity contribution in [2.24, 2.45) is 0 Å². The summed E-state index contributed by atoms with van der Waals surface area (Å²) in [5.41, 5.74) is 0.420.